The number of fused-ring (bicyclic) bond motifs is 1. The van der Waals surface area contributed by atoms with E-state index in [1.54, 1.807) is 18.3 Å². The summed E-state index contributed by atoms with van der Waals surface area (Å²) in [5.74, 6) is -0.599. The van der Waals surface area contributed by atoms with Crippen molar-refractivity contribution in [2.75, 3.05) is 11.9 Å². The molecule has 1 aliphatic rings. The number of amides is 1. The fraction of sp³-hybridized carbons (Fsp3) is 0.375. The van der Waals surface area contributed by atoms with Gasteiger partial charge in [0.2, 0.25) is 0 Å². The maximum atomic E-state index is 12.7. The van der Waals surface area contributed by atoms with Crippen LogP contribution in [0.25, 0.3) is 0 Å². The lowest BCUT2D eigenvalue weighted by atomic mass is 9.72. The second-order valence-electron chi connectivity index (χ2n) is 7.55. The average molecular weight is 408 g/mol. The number of nitrogens with zero attached hydrogens (tertiary/aromatic N) is 1. The molecular weight excluding hydrogens is 380 g/mol. The first-order valence-electron chi connectivity index (χ1n) is 10.4. The first-order valence-corrected chi connectivity index (χ1v) is 10.4. The largest absolute Gasteiger partial charge is 0.481 e. The highest BCUT2D eigenvalue weighted by Gasteiger charge is 2.30. The molecule has 0 saturated carbocycles. The van der Waals surface area contributed by atoms with E-state index in [0.29, 0.717) is 12.2 Å². The molecular formula is C24H28N2O4. The van der Waals surface area contributed by atoms with Gasteiger partial charge in [0, 0.05) is 17.7 Å². The molecule has 2 aromatic rings. The summed E-state index contributed by atoms with van der Waals surface area (Å²) < 4.78 is 0. The molecule has 0 spiro atoms. The second-order valence-corrected chi connectivity index (χ2v) is 7.55. The number of carbonyl (C=O) groups excluding carboxylic acids is 1. The standard InChI is InChI=1S/C24H28N2O4/c1-3-21-19(13-23(27)28)10-9-17-11-12-20(14-22(17)21)26-24(29)18-7-5-16(6-8-18)15-25-30-4-2/h5-8,11-12,14-15,19,21H,3-4,9-10,13H2,1-2H3,(H,26,29)(H,27,28). The van der Waals surface area contributed by atoms with Gasteiger partial charge in [-0.25, -0.2) is 0 Å². The number of aryl methyl sites for hydroxylation is 1. The minimum Gasteiger partial charge on any atom is -0.481 e. The summed E-state index contributed by atoms with van der Waals surface area (Å²) in [6.07, 6.45) is 4.44. The van der Waals surface area contributed by atoms with Crippen LogP contribution in [0.3, 0.4) is 0 Å². The number of carbonyl (C=O) groups is 2. The van der Waals surface area contributed by atoms with Crippen LogP contribution in [0.15, 0.2) is 47.6 Å². The zero-order valence-electron chi connectivity index (χ0n) is 17.4. The van der Waals surface area contributed by atoms with Gasteiger partial charge in [-0.3, -0.25) is 9.59 Å². The van der Waals surface area contributed by atoms with Crippen LogP contribution in [-0.2, 0) is 16.1 Å². The van der Waals surface area contributed by atoms with Crippen LogP contribution in [0, 0.1) is 5.92 Å². The summed E-state index contributed by atoms with van der Waals surface area (Å²) in [5.41, 5.74) is 4.55. The van der Waals surface area contributed by atoms with Crippen LogP contribution in [0.1, 0.15) is 66.1 Å². The average Bonchev–Trinajstić information content (AvgIpc) is 2.74. The number of carboxylic acids is 1. The monoisotopic (exact) mass is 408 g/mol. The Labute approximate surface area is 176 Å². The molecule has 0 aliphatic heterocycles. The molecule has 0 saturated heterocycles. The molecule has 0 bridgehead atoms. The van der Waals surface area contributed by atoms with Gasteiger partial charge in [0.25, 0.3) is 5.91 Å². The zero-order chi connectivity index (χ0) is 21.5. The molecule has 30 heavy (non-hydrogen) atoms. The predicted molar refractivity (Wildman–Crippen MR) is 117 cm³/mol. The van der Waals surface area contributed by atoms with Crippen LogP contribution in [0.4, 0.5) is 5.69 Å². The molecule has 0 radical (unpaired) electrons. The Kier molecular flexibility index (Phi) is 7.22. The third-order valence-electron chi connectivity index (χ3n) is 5.61. The van der Waals surface area contributed by atoms with E-state index in [2.05, 4.69) is 23.5 Å². The van der Waals surface area contributed by atoms with E-state index in [1.807, 2.05) is 31.2 Å². The number of anilines is 1. The van der Waals surface area contributed by atoms with E-state index in [9.17, 15) is 14.7 Å². The van der Waals surface area contributed by atoms with Crippen LogP contribution in [0.2, 0.25) is 0 Å². The number of nitrogens with one attached hydrogen (secondary N) is 1. The van der Waals surface area contributed by atoms with E-state index in [0.717, 1.165) is 36.1 Å². The fourth-order valence-electron chi connectivity index (χ4n) is 4.16. The van der Waals surface area contributed by atoms with Gasteiger partial charge in [0.05, 0.1) is 6.21 Å². The molecule has 1 aliphatic carbocycles. The van der Waals surface area contributed by atoms with Crippen molar-refractivity contribution in [2.24, 2.45) is 11.1 Å². The van der Waals surface area contributed by atoms with Crippen molar-refractivity contribution >= 4 is 23.8 Å². The highest BCUT2D eigenvalue weighted by molar-refractivity contribution is 6.04. The van der Waals surface area contributed by atoms with Gasteiger partial charge in [0.1, 0.15) is 6.61 Å². The van der Waals surface area contributed by atoms with Gasteiger partial charge in [-0.1, -0.05) is 30.3 Å². The third-order valence-corrected chi connectivity index (χ3v) is 5.61. The van der Waals surface area contributed by atoms with Crippen molar-refractivity contribution in [3.63, 3.8) is 0 Å². The minimum atomic E-state index is -0.749. The van der Waals surface area contributed by atoms with Crippen molar-refractivity contribution in [3.8, 4) is 0 Å². The molecule has 3 rings (SSSR count). The molecule has 0 fully saturated rings. The Morgan fingerprint density at radius 3 is 2.63 bits per heavy atom. The highest BCUT2D eigenvalue weighted by atomic mass is 16.6. The van der Waals surface area contributed by atoms with Gasteiger partial charge in [-0.2, -0.15) is 0 Å². The van der Waals surface area contributed by atoms with Gasteiger partial charge < -0.3 is 15.3 Å². The highest BCUT2D eigenvalue weighted by Crippen LogP contribution is 2.41. The Balaban J connectivity index is 1.73. The van der Waals surface area contributed by atoms with E-state index in [1.165, 1.54) is 5.56 Å². The number of hydrogen-bond acceptors (Lipinski definition) is 4. The summed E-state index contributed by atoms with van der Waals surface area (Å²) in [6, 6.07) is 13.1. The molecule has 1 amide bonds. The quantitative estimate of drug-likeness (QED) is 0.483. The van der Waals surface area contributed by atoms with Crippen LogP contribution < -0.4 is 5.32 Å². The third kappa shape index (κ3) is 5.26. The van der Waals surface area contributed by atoms with E-state index >= 15 is 0 Å². The molecule has 2 aromatic carbocycles. The number of rotatable bonds is 8. The smallest absolute Gasteiger partial charge is 0.303 e. The van der Waals surface area contributed by atoms with E-state index in [4.69, 9.17) is 4.84 Å². The summed E-state index contributed by atoms with van der Waals surface area (Å²) in [6.45, 7) is 4.46. The van der Waals surface area contributed by atoms with Crippen LogP contribution in [0.5, 0.6) is 0 Å². The normalized spacial score (nSPS) is 18.1. The summed E-state index contributed by atoms with van der Waals surface area (Å²) in [7, 11) is 0. The van der Waals surface area contributed by atoms with Gasteiger partial charge in [-0.15, -0.1) is 0 Å². The number of oxime groups is 1. The van der Waals surface area contributed by atoms with Gasteiger partial charge in [-0.05, 0) is 79.0 Å². The van der Waals surface area contributed by atoms with Crippen molar-refractivity contribution in [2.45, 2.75) is 45.4 Å². The second kappa shape index (κ2) is 10.1. The lowest BCUT2D eigenvalue weighted by Crippen LogP contribution is -2.23. The van der Waals surface area contributed by atoms with Crippen LogP contribution >= 0.6 is 0 Å². The van der Waals surface area contributed by atoms with Crippen molar-refractivity contribution in [3.05, 3.63) is 64.7 Å². The summed E-state index contributed by atoms with van der Waals surface area (Å²) >= 11 is 0. The topological polar surface area (TPSA) is 88.0 Å². The first-order chi connectivity index (χ1) is 14.5. The van der Waals surface area contributed by atoms with Crippen LogP contribution in [-0.4, -0.2) is 29.8 Å². The maximum absolute atomic E-state index is 12.7. The lowest BCUT2D eigenvalue weighted by Gasteiger charge is -2.32. The van der Waals surface area contributed by atoms with E-state index in [-0.39, 0.29) is 24.2 Å². The molecule has 0 heterocycles. The number of hydrogen-bond donors (Lipinski definition) is 2. The maximum Gasteiger partial charge on any atom is 0.303 e. The minimum absolute atomic E-state index is 0.136. The van der Waals surface area contributed by atoms with Gasteiger partial charge in [0.15, 0.2) is 0 Å². The number of benzene rings is 2. The SMILES string of the molecule is CCON=Cc1ccc(C(=O)Nc2ccc3c(c2)C(CC)C(CC(=O)O)CC3)cc1. The Bertz CT molecular complexity index is 921. The number of aliphatic carboxylic acids is 1. The van der Waals surface area contributed by atoms with Gasteiger partial charge >= 0.3 is 5.97 Å². The number of carboxylic acid groups (broad SMARTS) is 1. The van der Waals surface area contributed by atoms with Crippen molar-refractivity contribution in [1.82, 2.24) is 0 Å². The molecule has 2 atom stereocenters. The fourth-order valence-corrected chi connectivity index (χ4v) is 4.16. The first kappa shape index (κ1) is 21.6. The molecule has 6 nitrogen and oxygen atoms in total. The van der Waals surface area contributed by atoms with Crippen molar-refractivity contribution < 1.29 is 19.5 Å². The molecule has 6 heteroatoms. The zero-order valence-corrected chi connectivity index (χ0v) is 17.4. The molecule has 158 valence electrons. The summed E-state index contributed by atoms with van der Waals surface area (Å²) in [5, 5.41) is 16.0. The molecule has 2 unspecified atom stereocenters. The molecule has 2 N–H and O–H groups in total. The predicted octanol–water partition coefficient (Wildman–Crippen LogP) is 4.84. The summed E-state index contributed by atoms with van der Waals surface area (Å²) in [4.78, 5) is 28.8. The van der Waals surface area contributed by atoms with Crippen molar-refractivity contribution in [1.29, 1.82) is 0 Å². The van der Waals surface area contributed by atoms with E-state index < -0.39 is 5.97 Å². The Morgan fingerprint density at radius 1 is 1.20 bits per heavy atom. The molecule has 0 aromatic heterocycles. The Morgan fingerprint density at radius 2 is 1.97 bits per heavy atom. The lowest BCUT2D eigenvalue weighted by molar-refractivity contribution is -0.138. The Hall–Kier alpha value is -3.15.